The molecule has 4 nitrogen and oxygen atoms in total. The first kappa shape index (κ1) is 13.2. The number of anilines is 2. The largest absolute Gasteiger partial charge is 0.384 e. The molecule has 1 aromatic heterocycles. The molecule has 0 atom stereocenters. The topological polar surface area (TPSA) is 55.0 Å². The Kier molecular flexibility index (Phi) is 3.49. The maximum Gasteiger partial charge on any atom is 0.136 e. The van der Waals surface area contributed by atoms with Gasteiger partial charge in [0.05, 0.1) is 0 Å². The average molecular weight is 289 g/mol. The first-order valence-corrected chi connectivity index (χ1v) is 7.10. The lowest BCUT2D eigenvalue weighted by Gasteiger charge is -2.19. The average Bonchev–Trinajstić information content (AvgIpc) is 3.25. The van der Waals surface area contributed by atoms with Gasteiger partial charge in [-0.1, -0.05) is 29.8 Å². The van der Waals surface area contributed by atoms with Crippen molar-refractivity contribution in [2.75, 3.05) is 17.7 Å². The van der Waals surface area contributed by atoms with Crippen LogP contribution in [0.3, 0.4) is 0 Å². The van der Waals surface area contributed by atoms with E-state index in [4.69, 9.17) is 17.3 Å². The molecule has 1 heterocycles. The number of nitrogen functional groups attached to an aromatic ring is 1. The number of benzene rings is 1. The Labute approximate surface area is 123 Å². The molecule has 0 saturated heterocycles. The van der Waals surface area contributed by atoms with Crippen LogP contribution in [0.15, 0.2) is 30.3 Å². The number of nitrogens with zero attached hydrogens (tertiary/aromatic N) is 3. The SMILES string of the molecule is CN(Cc1ccccc1Cl)c1cc(N)nc(C2CC2)n1. The quantitative estimate of drug-likeness (QED) is 0.938. The highest BCUT2D eigenvalue weighted by Gasteiger charge is 2.27. The van der Waals surface area contributed by atoms with Gasteiger partial charge in [0, 0.05) is 30.6 Å². The van der Waals surface area contributed by atoms with E-state index in [9.17, 15) is 0 Å². The van der Waals surface area contributed by atoms with E-state index < -0.39 is 0 Å². The van der Waals surface area contributed by atoms with Crippen LogP contribution in [0.2, 0.25) is 5.02 Å². The number of hydrogen-bond acceptors (Lipinski definition) is 4. The third-order valence-corrected chi connectivity index (χ3v) is 3.82. The molecule has 3 rings (SSSR count). The van der Waals surface area contributed by atoms with E-state index in [1.54, 1.807) is 0 Å². The Morgan fingerprint density at radius 1 is 1.30 bits per heavy atom. The third-order valence-electron chi connectivity index (χ3n) is 3.45. The van der Waals surface area contributed by atoms with Gasteiger partial charge in [-0.3, -0.25) is 0 Å². The van der Waals surface area contributed by atoms with Gasteiger partial charge in [0.25, 0.3) is 0 Å². The van der Waals surface area contributed by atoms with Gasteiger partial charge in [-0.05, 0) is 24.5 Å². The highest BCUT2D eigenvalue weighted by molar-refractivity contribution is 6.31. The molecule has 0 spiro atoms. The summed E-state index contributed by atoms with van der Waals surface area (Å²) in [6, 6.07) is 9.64. The Morgan fingerprint density at radius 3 is 2.75 bits per heavy atom. The minimum absolute atomic E-state index is 0.492. The summed E-state index contributed by atoms with van der Waals surface area (Å²) in [5, 5.41) is 0.767. The fraction of sp³-hybridized carbons (Fsp3) is 0.333. The van der Waals surface area contributed by atoms with Gasteiger partial charge >= 0.3 is 0 Å². The zero-order chi connectivity index (χ0) is 14.1. The van der Waals surface area contributed by atoms with Crippen molar-refractivity contribution in [1.29, 1.82) is 0 Å². The van der Waals surface area contributed by atoms with E-state index in [2.05, 4.69) is 9.97 Å². The van der Waals surface area contributed by atoms with Crippen LogP contribution in [0.25, 0.3) is 0 Å². The standard InChI is InChI=1S/C15H17ClN4/c1-20(9-11-4-2-3-5-12(11)16)14-8-13(17)18-15(19-14)10-6-7-10/h2-5,8,10H,6-7,9H2,1H3,(H2,17,18,19). The van der Waals surface area contributed by atoms with Crippen molar-refractivity contribution in [1.82, 2.24) is 9.97 Å². The number of nitrogens with two attached hydrogens (primary N) is 1. The predicted molar refractivity (Wildman–Crippen MR) is 82.0 cm³/mol. The molecule has 0 unspecified atom stereocenters. The van der Waals surface area contributed by atoms with Crippen molar-refractivity contribution in [3.8, 4) is 0 Å². The molecule has 0 aliphatic heterocycles. The highest BCUT2D eigenvalue weighted by atomic mass is 35.5. The molecule has 1 aliphatic rings. The summed E-state index contributed by atoms with van der Waals surface area (Å²) in [6.07, 6.45) is 2.33. The summed E-state index contributed by atoms with van der Waals surface area (Å²) < 4.78 is 0. The van der Waals surface area contributed by atoms with Crippen LogP contribution in [-0.2, 0) is 6.54 Å². The molecular weight excluding hydrogens is 272 g/mol. The third kappa shape index (κ3) is 2.85. The van der Waals surface area contributed by atoms with Crippen LogP contribution in [0.5, 0.6) is 0 Å². The maximum absolute atomic E-state index is 6.19. The van der Waals surface area contributed by atoms with Gasteiger partial charge < -0.3 is 10.6 Å². The van der Waals surface area contributed by atoms with Crippen LogP contribution in [0, 0.1) is 0 Å². The molecule has 0 amide bonds. The number of rotatable bonds is 4. The normalized spacial score (nSPS) is 14.3. The van der Waals surface area contributed by atoms with Crippen molar-refractivity contribution in [3.63, 3.8) is 0 Å². The lowest BCUT2D eigenvalue weighted by molar-refractivity contribution is 0.857. The monoisotopic (exact) mass is 288 g/mol. The van der Waals surface area contributed by atoms with Crippen molar-refractivity contribution in [2.24, 2.45) is 0 Å². The van der Waals surface area contributed by atoms with E-state index in [-0.39, 0.29) is 0 Å². The Balaban J connectivity index is 1.83. The predicted octanol–water partition coefficient (Wildman–Crippen LogP) is 3.23. The molecular formula is C15H17ClN4. The first-order chi connectivity index (χ1) is 9.63. The Hall–Kier alpha value is -1.81. The minimum Gasteiger partial charge on any atom is -0.384 e. The van der Waals surface area contributed by atoms with Crippen LogP contribution >= 0.6 is 11.6 Å². The van der Waals surface area contributed by atoms with Gasteiger partial charge in [0.2, 0.25) is 0 Å². The van der Waals surface area contributed by atoms with Gasteiger partial charge in [0.1, 0.15) is 17.5 Å². The van der Waals surface area contributed by atoms with Crippen LogP contribution in [0.4, 0.5) is 11.6 Å². The molecule has 1 saturated carbocycles. The van der Waals surface area contributed by atoms with Crippen molar-refractivity contribution < 1.29 is 0 Å². The molecule has 1 aliphatic carbocycles. The summed E-state index contributed by atoms with van der Waals surface area (Å²) in [5.74, 6) is 2.74. The molecule has 2 N–H and O–H groups in total. The fourth-order valence-corrected chi connectivity index (χ4v) is 2.35. The maximum atomic E-state index is 6.19. The smallest absolute Gasteiger partial charge is 0.136 e. The molecule has 5 heteroatoms. The van der Waals surface area contributed by atoms with E-state index in [0.717, 1.165) is 35.1 Å². The molecule has 0 radical (unpaired) electrons. The van der Waals surface area contributed by atoms with E-state index in [0.29, 0.717) is 18.3 Å². The van der Waals surface area contributed by atoms with Crippen LogP contribution in [0.1, 0.15) is 30.1 Å². The zero-order valence-electron chi connectivity index (χ0n) is 11.4. The summed E-state index contributed by atoms with van der Waals surface area (Å²) >= 11 is 6.19. The molecule has 20 heavy (non-hydrogen) atoms. The molecule has 1 aromatic carbocycles. The second-order valence-electron chi connectivity index (χ2n) is 5.23. The number of aromatic nitrogens is 2. The zero-order valence-corrected chi connectivity index (χ0v) is 12.1. The highest BCUT2D eigenvalue weighted by Crippen LogP contribution is 2.38. The summed E-state index contributed by atoms with van der Waals surface area (Å²) in [6.45, 7) is 0.695. The van der Waals surface area contributed by atoms with Gasteiger partial charge in [0.15, 0.2) is 0 Å². The lowest BCUT2D eigenvalue weighted by Crippen LogP contribution is -2.19. The lowest BCUT2D eigenvalue weighted by atomic mass is 10.2. The van der Waals surface area contributed by atoms with Gasteiger partial charge in [-0.25, -0.2) is 9.97 Å². The molecule has 104 valence electrons. The van der Waals surface area contributed by atoms with Gasteiger partial charge in [-0.2, -0.15) is 0 Å². The summed E-state index contributed by atoms with van der Waals surface area (Å²) in [5.41, 5.74) is 6.95. The molecule has 1 fully saturated rings. The Bertz CT molecular complexity index is 625. The molecule has 0 bridgehead atoms. The second-order valence-corrected chi connectivity index (χ2v) is 5.64. The van der Waals surface area contributed by atoms with E-state index >= 15 is 0 Å². The van der Waals surface area contributed by atoms with E-state index in [1.807, 2.05) is 42.3 Å². The second kappa shape index (κ2) is 5.29. The Morgan fingerprint density at radius 2 is 2.05 bits per heavy atom. The number of halogens is 1. The van der Waals surface area contributed by atoms with Gasteiger partial charge in [-0.15, -0.1) is 0 Å². The van der Waals surface area contributed by atoms with Crippen LogP contribution in [-0.4, -0.2) is 17.0 Å². The fourth-order valence-electron chi connectivity index (χ4n) is 2.15. The van der Waals surface area contributed by atoms with E-state index in [1.165, 1.54) is 0 Å². The van der Waals surface area contributed by atoms with Crippen molar-refractivity contribution in [3.05, 3.63) is 46.7 Å². The van der Waals surface area contributed by atoms with Crippen molar-refractivity contribution >= 4 is 23.2 Å². The summed E-state index contributed by atoms with van der Waals surface area (Å²) in [4.78, 5) is 11.0. The number of hydrogen-bond donors (Lipinski definition) is 1. The van der Waals surface area contributed by atoms with Crippen molar-refractivity contribution in [2.45, 2.75) is 25.3 Å². The minimum atomic E-state index is 0.492. The summed E-state index contributed by atoms with van der Waals surface area (Å²) in [7, 11) is 1.99. The first-order valence-electron chi connectivity index (χ1n) is 6.72. The molecule has 2 aromatic rings. The van der Waals surface area contributed by atoms with Crippen LogP contribution < -0.4 is 10.6 Å².